The number of anilines is 1. The maximum Gasteiger partial charge on any atom is 0.256 e. The highest BCUT2D eigenvalue weighted by molar-refractivity contribution is 6.31. The normalized spacial score (nSPS) is 18.0. The fraction of sp³-hybridized carbons (Fsp3) is 0.455. The fourth-order valence-corrected chi connectivity index (χ4v) is 6.18. The molecule has 1 amide bonds. The molecule has 214 valence electrons. The monoisotopic (exact) mass is 562 g/mol. The van der Waals surface area contributed by atoms with Gasteiger partial charge in [-0.15, -0.1) is 0 Å². The Labute approximate surface area is 243 Å². The van der Waals surface area contributed by atoms with Gasteiger partial charge in [-0.3, -0.25) is 9.59 Å². The number of benzene rings is 2. The zero-order valence-electron chi connectivity index (χ0n) is 24.7. The second kappa shape index (κ2) is 13.0. The van der Waals surface area contributed by atoms with Gasteiger partial charge in [-0.2, -0.15) is 0 Å². The number of pyridine rings is 1. The van der Waals surface area contributed by atoms with Crippen molar-refractivity contribution in [3.63, 3.8) is 0 Å². The van der Waals surface area contributed by atoms with Crippen LogP contribution in [0.1, 0.15) is 70.9 Å². The lowest BCUT2D eigenvalue weighted by Crippen LogP contribution is -2.36. The highest BCUT2D eigenvalue weighted by atomic mass is 35.5. The highest BCUT2D eigenvalue weighted by Gasteiger charge is 2.27. The number of nitrogens with zero attached hydrogens (tertiary/aromatic N) is 2. The molecule has 1 fully saturated rings. The molecular weight excluding hydrogens is 520 g/mol. The van der Waals surface area contributed by atoms with Crippen molar-refractivity contribution in [1.29, 1.82) is 0 Å². The van der Waals surface area contributed by atoms with Crippen molar-refractivity contribution >= 4 is 23.2 Å². The topological polar surface area (TPSA) is 66.4 Å². The van der Waals surface area contributed by atoms with E-state index in [4.69, 9.17) is 11.6 Å². The quantitative estimate of drug-likeness (QED) is 0.320. The zero-order valence-corrected chi connectivity index (χ0v) is 25.4. The molecular formula is C33H43ClN4O2. The predicted octanol–water partition coefficient (Wildman–Crippen LogP) is 6.33. The first kappa shape index (κ1) is 29.9. The third kappa shape index (κ3) is 6.97. The van der Waals surface area contributed by atoms with Gasteiger partial charge in [-0.1, -0.05) is 41.9 Å². The van der Waals surface area contributed by atoms with Crippen LogP contribution in [0, 0.1) is 26.7 Å². The minimum atomic E-state index is -0.240. The van der Waals surface area contributed by atoms with Gasteiger partial charge in [0.25, 0.3) is 11.5 Å². The maximum absolute atomic E-state index is 13.4. The van der Waals surface area contributed by atoms with E-state index in [-0.39, 0.29) is 24.1 Å². The molecule has 1 heterocycles. The van der Waals surface area contributed by atoms with Crippen molar-refractivity contribution in [2.45, 2.75) is 78.6 Å². The SMILES string of the molecule is Cc1cc(C)n(Cc2ccccc2)c(=O)c1CNC(=O)c1cc(Cl)cc(NC(C)C2CCC(N(C)C)CC2)c1C. The van der Waals surface area contributed by atoms with E-state index in [9.17, 15) is 9.59 Å². The molecule has 0 saturated heterocycles. The van der Waals surface area contributed by atoms with Gasteiger partial charge in [0.2, 0.25) is 0 Å². The summed E-state index contributed by atoms with van der Waals surface area (Å²) in [6, 6.07) is 16.5. The zero-order chi connectivity index (χ0) is 29.0. The molecule has 1 aliphatic rings. The number of hydrogen-bond acceptors (Lipinski definition) is 4. The molecule has 0 spiro atoms. The van der Waals surface area contributed by atoms with Crippen LogP contribution >= 0.6 is 11.6 Å². The van der Waals surface area contributed by atoms with Crippen LogP contribution in [0.25, 0.3) is 0 Å². The molecule has 1 aliphatic carbocycles. The minimum absolute atomic E-state index is 0.0790. The average Bonchev–Trinajstić information content (AvgIpc) is 2.93. The van der Waals surface area contributed by atoms with E-state index in [1.54, 1.807) is 10.6 Å². The van der Waals surface area contributed by atoms with Gasteiger partial charge in [0.15, 0.2) is 0 Å². The van der Waals surface area contributed by atoms with Crippen molar-refractivity contribution < 1.29 is 4.79 Å². The summed E-state index contributed by atoms with van der Waals surface area (Å²) in [6.45, 7) is 8.68. The summed E-state index contributed by atoms with van der Waals surface area (Å²) in [7, 11) is 4.32. The lowest BCUT2D eigenvalue weighted by atomic mass is 9.81. The van der Waals surface area contributed by atoms with Gasteiger partial charge < -0.3 is 20.1 Å². The molecule has 4 rings (SSSR count). The Kier molecular flexibility index (Phi) is 9.75. The highest BCUT2D eigenvalue weighted by Crippen LogP contribution is 2.32. The van der Waals surface area contributed by atoms with Gasteiger partial charge in [0.05, 0.1) is 6.54 Å². The second-order valence-electron chi connectivity index (χ2n) is 11.6. The van der Waals surface area contributed by atoms with Gasteiger partial charge in [0, 0.05) is 46.2 Å². The number of hydrogen-bond donors (Lipinski definition) is 2. The fourth-order valence-electron chi connectivity index (χ4n) is 5.96. The summed E-state index contributed by atoms with van der Waals surface area (Å²) in [5.41, 5.74) is 5.60. The largest absolute Gasteiger partial charge is 0.382 e. The molecule has 1 atom stereocenters. The first-order chi connectivity index (χ1) is 19.0. The molecule has 6 nitrogen and oxygen atoms in total. The van der Waals surface area contributed by atoms with E-state index in [0.717, 1.165) is 28.1 Å². The summed E-state index contributed by atoms with van der Waals surface area (Å²) in [5, 5.41) is 7.16. The molecule has 1 aromatic heterocycles. The third-order valence-electron chi connectivity index (χ3n) is 8.62. The number of rotatable bonds is 9. The molecule has 2 N–H and O–H groups in total. The molecule has 40 heavy (non-hydrogen) atoms. The number of aromatic nitrogens is 1. The Morgan fingerprint density at radius 3 is 2.38 bits per heavy atom. The van der Waals surface area contributed by atoms with Crippen LogP contribution in [0.2, 0.25) is 5.02 Å². The van der Waals surface area contributed by atoms with Crippen molar-refractivity contribution in [2.75, 3.05) is 19.4 Å². The molecule has 7 heteroatoms. The van der Waals surface area contributed by atoms with Gasteiger partial charge in [-0.05, 0) is 108 Å². The van der Waals surface area contributed by atoms with E-state index in [2.05, 4.69) is 36.6 Å². The second-order valence-corrected chi connectivity index (χ2v) is 12.0. The molecule has 0 aliphatic heterocycles. The van der Waals surface area contributed by atoms with Gasteiger partial charge >= 0.3 is 0 Å². The molecule has 1 saturated carbocycles. The molecule has 0 radical (unpaired) electrons. The summed E-state index contributed by atoms with van der Waals surface area (Å²) in [4.78, 5) is 29.2. The number of carbonyl (C=O) groups is 1. The molecule has 0 bridgehead atoms. The summed E-state index contributed by atoms with van der Waals surface area (Å²) >= 11 is 6.49. The van der Waals surface area contributed by atoms with Gasteiger partial charge in [0.1, 0.15) is 0 Å². The van der Waals surface area contributed by atoms with Crippen molar-refractivity contribution in [3.05, 3.63) is 97.4 Å². The number of aryl methyl sites for hydroxylation is 2. The number of halogens is 1. The van der Waals surface area contributed by atoms with Crippen LogP contribution in [0.3, 0.4) is 0 Å². The Balaban J connectivity index is 1.47. The Hall–Kier alpha value is -3.09. The molecule has 2 aromatic carbocycles. The lowest BCUT2D eigenvalue weighted by Gasteiger charge is -2.36. The van der Waals surface area contributed by atoms with Crippen LogP contribution in [-0.2, 0) is 13.1 Å². The Bertz CT molecular complexity index is 1390. The van der Waals surface area contributed by atoms with E-state index in [1.807, 2.05) is 63.2 Å². The van der Waals surface area contributed by atoms with E-state index in [1.165, 1.54) is 25.7 Å². The van der Waals surface area contributed by atoms with Crippen LogP contribution < -0.4 is 16.2 Å². The molecule has 1 unspecified atom stereocenters. The summed E-state index contributed by atoms with van der Waals surface area (Å²) in [6.07, 6.45) is 4.78. The number of carbonyl (C=O) groups excluding carboxylic acids is 1. The van der Waals surface area contributed by atoms with Crippen LogP contribution in [0.15, 0.2) is 53.3 Å². The number of nitrogens with one attached hydrogen (secondary N) is 2. The van der Waals surface area contributed by atoms with Crippen molar-refractivity contribution in [3.8, 4) is 0 Å². The van der Waals surface area contributed by atoms with E-state index in [0.29, 0.717) is 34.7 Å². The standard InChI is InChI=1S/C33H43ClN4O2/c1-21-16-22(2)38(20-25-10-8-7-9-11-25)33(40)30(21)19-35-32(39)29-17-27(34)18-31(23(29)3)36-24(4)26-12-14-28(15-13-26)37(5)6/h7-11,16-18,24,26,28,36H,12-15,19-20H2,1-6H3,(H,35,39). The van der Waals surface area contributed by atoms with Crippen LogP contribution in [-0.4, -0.2) is 41.6 Å². The molecule has 3 aromatic rings. The van der Waals surface area contributed by atoms with Crippen LogP contribution in [0.5, 0.6) is 0 Å². The van der Waals surface area contributed by atoms with Crippen molar-refractivity contribution in [2.24, 2.45) is 5.92 Å². The van der Waals surface area contributed by atoms with Gasteiger partial charge in [-0.25, -0.2) is 0 Å². The Morgan fingerprint density at radius 1 is 1.05 bits per heavy atom. The Morgan fingerprint density at radius 2 is 1.73 bits per heavy atom. The minimum Gasteiger partial charge on any atom is -0.382 e. The third-order valence-corrected chi connectivity index (χ3v) is 8.84. The summed E-state index contributed by atoms with van der Waals surface area (Å²) < 4.78 is 1.77. The summed E-state index contributed by atoms with van der Waals surface area (Å²) in [5.74, 6) is 0.339. The van der Waals surface area contributed by atoms with E-state index < -0.39 is 0 Å². The van der Waals surface area contributed by atoms with E-state index >= 15 is 0 Å². The predicted molar refractivity (Wildman–Crippen MR) is 166 cm³/mol. The number of amides is 1. The smallest absolute Gasteiger partial charge is 0.256 e. The lowest BCUT2D eigenvalue weighted by molar-refractivity contribution is 0.0950. The first-order valence-electron chi connectivity index (χ1n) is 14.3. The van der Waals surface area contributed by atoms with Crippen molar-refractivity contribution in [1.82, 2.24) is 14.8 Å². The first-order valence-corrected chi connectivity index (χ1v) is 14.7. The average molecular weight is 563 g/mol. The maximum atomic E-state index is 13.4. The van der Waals surface area contributed by atoms with Crippen LogP contribution in [0.4, 0.5) is 5.69 Å².